The summed E-state index contributed by atoms with van der Waals surface area (Å²) in [7, 11) is 0. The number of aromatic amines is 1. The van der Waals surface area contributed by atoms with Gasteiger partial charge in [0.05, 0.1) is 6.04 Å². The van der Waals surface area contributed by atoms with Crippen molar-refractivity contribution >= 4 is 12.4 Å². The summed E-state index contributed by atoms with van der Waals surface area (Å²) in [5, 5.41) is 7.01. The van der Waals surface area contributed by atoms with E-state index in [0.717, 1.165) is 11.6 Å². The number of aromatic nitrogens is 3. The van der Waals surface area contributed by atoms with Crippen molar-refractivity contribution in [2.45, 2.75) is 38.1 Å². The number of nitrogens with two attached hydrogens (primary N) is 1. The second kappa shape index (κ2) is 4.07. The van der Waals surface area contributed by atoms with Crippen LogP contribution in [0.3, 0.4) is 0 Å². The predicted octanol–water partition coefficient (Wildman–Crippen LogP) is 1.51. The third kappa shape index (κ3) is 2.00. The molecule has 1 fully saturated rings. The Balaban J connectivity index is 0.000000845. The van der Waals surface area contributed by atoms with Crippen molar-refractivity contribution in [2.75, 3.05) is 0 Å². The summed E-state index contributed by atoms with van der Waals surface area (Å²) in [6.07, 6.45) is 3.81. The first kappa shape index (κ1) is 10.5. The smallest absolute Gasteiger partial charge is 0.167 e. The highest BCUT2D eigenvalue weighted by Crippen LogP contribution is 2.34. The highest BCUT2D eigenvalue weighted by Gasteiger charge is 2.23. The summed E-state index contributed by atoms with van der Waals surface area (Å²) in [5.74, 6) is 2.37. The number of H-pyrrole nitrogens is 1. The molecule has 1 aliphatic carbocycles. The molecule has 1 heterocycles. The molecule has 1 unspecified atom stereocenters. The van der Waals surface area contributed by atoms with Crippen molar-refractivity contribution in [1.82, 2.24) is 15.2 Å². The molecule has 0 saturated heterocycles. The number of rotatable bonds is 2. The molecule has 2 rings (SSSR count). The third-order valence-corrected chi connectivity index (χ3v) is 2.42. The van der Waals surface area contributed by atoms with Crippen LogP contribution in [0.5, 0.6) is 0 Å². The Morgan fingerprint density at radius 1 is 1.54 bits per heavy atom. The maximum Gasteiger partial charge on any atom is 0.167 e. The SMILES string of the molecule is CC(N)c1n[nH]c(C2CCC2)n1.Cl. The molecule has 5 heteroatoms. The summed E-state index contributed by atoms with van der Waals surface area (Å²) in [6, 6.07) is -0.0601. The van der Waals surface area contributed by atoms with E-state index in [1.54, 1.807) is 0 Å². The Kier molecular flexibility index (Phi) is 3.27. The first-order valence-electron chi connectivity index (χ1n) is 4.45. The van der Waals surface area contributed by atoms with Crippen LogP contribution in [0.4, 0.5) is 0 Å². The number of nitrogens with zero attached hydrogens (tertiary/aromatic N) is 2. The molecule has 0 aromatic carbocycles. The molecule has 0 aliphatic heterocycles. The van der Waals surface area contributed by atoms with Gasteiger partial charge in [-0.05, 0) is 19.8 Å². The maximum absolute atomic E-state index is 5.64. The van der Waals surface area contributed by atoms with Crippen LogP contribution in [-0.4, -0.2) is 15.2 Å². The van der Waals surface area contributed by atoms with E-state index >= 15 is 0 Å². The van der Waals surface area contributed by atoms with Gasteiger partial charge in [0.1, 0.15) is 5.82 Å². The van der Waals surface area contributed by atoms with Crippen molar-refractivity contribution in [3.05, 3.63) is 11.6 Å². The molecule has 1 aliphatic rings. The van der Waals surface area contributed by atoms with Crippen molar-refractivity contribution in [3.8, 4) is 0 Å². The van der Waals surface area contributed by atoms with Gasteiger partial charge in [-0.1, -0.05) is 6.42 Å². The quantitative estimate of drug-likeness (QED) is 0.764. The van der Waals surface area contributed by atoms with Crippen LogP contribution in [0.2, 0.25) is 0 Å². The number of hydrogen-bond acceptors (Lipinski definition) is 3. The van der Waals surface area contributed by atoms with Gasteiger partial charge in [-0.2, -0.15) is 5.10 Å². The van der Waals surface area contributed by atoms with Crippen molar-refractivity contribution < 1.29 is 0 Å². The summed E-state index contributed by atoms with van der Waals surface area (Å²) in [5.41, 5.74) is 5.64. The fourth-order valence-electron chi connectivity index (χ4n) is 1.36. The molecule has 1 aromatic rings. The van der Waals surface area contributed by atoms with E-state index in [0.29, 0.717) is 5.92 Å². The fraction of sp³-hybridized carbons (Fsp3) is 0.750. The Bertz CT molecular complexity index is 267. The zero-order chi connectivity index (χ0) is 8.55. The minimum absolute atomic E-state index is 0. The largest absolute Gasteiger partial charge is 0.321 e. The first-order valence-corrected chi connectivity index (χ1v) is 4.45. The van der Waals surface area contributed by atoms with E-state index in [1.165, 1.54) is 19.3 Å². The zero-order valence-corrected chi connectivity index (χ0v) is 8.47. The van der Waals surface area contributed by atoms with Crippen LogP contribution in [0, 0.1) is 0 Å². The first-order chi connectivity index (χ1) is 5.77. The van der Waals surface area contributed by atoms with Crippen molar-refractivity contribution in [3.63, 3.8) is 0 Å². The molecule has 0 amide bonds. The monoisotopic (exact) mass is 202 g/mol. The summed E-state index contributed by atoms with van der Waals surface area (Å²) >= 11 is 0. The van der Waals surface area contributed by atoms with E-state index in [-0.39, 0.29) is 18.4 Å². The van der Waals surface area contributed by atoms with Crippen LogP contribution in [-0.2, 0) is 0 Å². The van der Waals surface area contributed by atoms with Crippen LogP contribution in [0.1, 0.15) is 49.8 Å². The average molecular weight is 203 g/mol. The van der Waals surface area contributed by atoms with Crippen LogP contribution < -0.4 is 5.73 Å². The van der Waals surface area contributed by atoms with Crippen molar-refractivity contribution in [1.29, 1.82) is 0 Å². The highest BCUT2D eigenvalue weighted by atomic mass is 35.5. The van der Waals surface area contributed by atoms with Gasteiger partial charge in [0.2, 0.25) is 0 Å². The minimum atomic E-state index is -0.0601. The number of hydrogen-bond donors (Lipinski definition) is 2. The van der Waals surface area contributed by atoms with Gasteiger partial charge in [0.25, 0.3) is 0 Å². The lowest BCUT2D eigenvalue weighted by molar-refractivity contribution is 0.402. The van der Waals surface area contributed by atoms with Gasteiger partial charge >= 0.3 is 0 Å². The van der Waals surface area contributed by atoms with Crippen molar-refractivity contribution in [2.24, 2.45) is 5.73 Å². The zero-order valence-electron chi connectivity index (χ0n) is 7.66. The van der Waals surface area contributed by atoms with Crippen LogP contribution in [0.15, 0.2) is 0 Å². The van der Waals surface area contributed by atoms with Crippen LogP contribution >= 0.6 is 12.4 Å². The summed E-state index contributed by atoms with van der Waals surface area (Å²) in [4.78, 5) is 4.34. The molecular formula is C8H15ClN4. The Hall–Kier alpha value is -0.610. The van der Waals surface area contributed by atoms with E-state index in [2.05, 4.69) is 15.2 Å². The number of halogens is 1. The Labute approximate surface area is 83.7 Å². The second-order valence-electron chi connectivity index (χ2n) is 3.50. The van der Waals surface area contributed by atoms with Gasteiger partial charge < -0.3 is 5.73 Å². The number of nitrogens with one attached hydrogen (secondary N) is 1. The normalized spacial score (nSPS) is 18.9. The third-order valence-electron chi connectivity index (χ3n) is 2.42. The standard InChI is InChI=1S/C8H14N4.ClH/c1-5(9)7-10-8(12-11-7)6-3-2-4-6;/h5-6H,2-4,9H2,1H3,(H,10,11,12);1H. The molecule has 0 spiro atoms. The Morgan fingerprint density at radius 2 is 2.23 bits per heavy atom. The molecular weight excluding hydrogens is 188 g/mol. The topological polar surface area (TPSA) is 67.6 Å². The minimum Gasteiger partial charge on any atom is -0.321 e. The predicted molar refractivity (Wildman–Crippen MR) is 52.8 cm³/mol. The molecule has 4 nitrogen and oxygen atoms in total. The summed E-state index contributed by atoms with van der Waals surface area (Å²) < 4.78 is 0. The fourth-order valence-corrected chi connectivity index (χ4v) is 1.36. The van der Waals surface area contributed by atoms with Gasteiger partial charge in [0, 0.05) is 5.92 Å². The van der Waals surface area contributed by atoms with Gasteiger partial charge in [-0.3, -0.25) is 5.10 Å². The second-order valence-corrected chi connectivity index (χ2v) is 3.50. The lowest BCUT2D eigenvalue weighted by Crippen LogP contribution is -2.11. The average Bonchev–Trinajstić information content (AvgIpc) is 2.32. The Morgan fingerprint density at radius 3 is 2.62 bits per heavy atom. The van der Waals surface area contributed by atoms with E-state index in [1.807, 2.05) is 6.92 Å². The van der Waals surface area contributed by atoms with E-state index in [9.17, 15) is 0 Å². The molecule has 0 bridgehead atoms. The lowest BCUT2D eigenvalue weighted by Gasteiger charge is -2.22. The summed E-state index contributed by atoms with van der Waals surface area (Å²) in [6.45, 7) is 1.90. The highest BCUT2D eigenvalue weighted by molar-refractivity contribution is 5.85. The van der Waals surface area contributed by atoms with E-state index < -0.39 is 0 Å². The van der Waals surface area contributed by atoms with Gasteiger partial charge in [-0.25, -0.2) is 4.98 Å². The molecule has 1 saturated carbocycles. The van der Waals surface area contributed by atoms with Gasteiger partial charge in [0.15, 0.2) is 5.82 Å². The van der Waals surface area contributed by atoms with Gasteiger partial charge in [-0.15, -0.1) is 12.4 Å². The van der Waals surface area contributed by atoms with E-state index in [4.69, 9.17) is 5.73 Å². The lowest BCUT2D eigenvalue weighted by atomic mass is 9.85. The molecule has 0 radical (unpaired) electrons. The molecule has 1 atom stereocenters. The molecule has 3 N–H and O–H groups in total. The molecule has 1 aromatic heterocycles. The van der Waals surface area contributed by atoms with Crippen LogP contribution in [0.25, 0.3) is 0 Å². The molecule has 13 heavy (non-hydrogen) atoms. The molecule has 74 valence electrons. The maximum atomic E-state index is 5.64.